The predicted molar refractivity (Wildman–Crippen MR) is 89.8 cm³/mol. The molecule has 3 rings (SSSR count). The predicted octanol–water partition coefficient (Wildman–Crippen LogP) is 3.15. The van der Waals surface area contributed by atoms with E-state index in [1.54, 1.807) is 30.3 Å². The Morgan fingerprint density at radius 1 is 1.09 bits per heavy atom. The highest BCUT2D eigenvalue weighted by atomic mass is 35.5. The minimum absolute atomic E-state index is 0.319. The van der Waals surface area contributed by atoms with Crippen LogP contribution in [-0.2, 0) is 4.79 Å². The second kappa shape index (κ2) is 6.46. The SMILES string of the molecule is O=C(N/N=C/c1ccc(Cl)cc1)C(=O)c1c[nH]c2ccccc12. The first-order valence-corrected chi connectivity index (χ1v) is 7.22. The quantitative estimate of drug-likeness (QED) is 0.335. The number of rotatable bonds is 4. The summed E-state index contributed by atoms with van der Waals surface area (Å²) in [6, 6.07) is 14.2. The lowest BCUT2D eigenvalue weighted by atomic mass is 10.1. The topological polar surface area (TPSA) is 74.3 Å². The van der Waals surface area contributed by atoms with E-state index in [1.165, 1.54) is 12.4 Å². The molecule has 0 unspecified atom stereocenters. The Kier molecular flexibility index (Phi) is 4.21. The van der Waals surface area contributed by atoms with Crippen LogP contribution in [0.4, 0.5) is 0 Å². The number of carbonyl (C=O) groups excluding carboxylic acids is 2. The molecule has 5 nitrogen and oxygen atoms in total. The fourth-order valence-electron chi connectivity index (χ4n) is 2.15. The monoisotopic (exact) mass is 325 g/mol. The van der Waals surface area contributed by atoms with Gasteiger partial charge in [0.15, 0.2) is 0 Å². The van der Waals surface area contributed by atoms with Crippen LogP contribution in [0.1, 0.15) is 15.9 Å². The van der Waals surface area contributed by atoms with Crippen LogP contribution in [0.15, 0.2) is 59.8 Å². The molecule has 114 valence electrons. The maximum atomic E-state index is 12.2. The number of fused-ring (bicyclic) bond motifs is 1. The summed E-state index contributed by atoms with van der Waals surface area (Å²) >= 11 is 5.78. The van der Waals surface area contributed by atoms with Crippen molar-refractivity contribution in [3.05, 3.63) is 70.9 Å². The van der Waals surface area contributed by atoms with E-state index in [0.29, 0.717) is 16.0 Å². The lowest BCUT2D eigenvalue weighted by Crippen LogP contribution is -2.27. The minimum Gasteiger partial charge on any atom is -0.360 e. The zero-order valence-corrected chi connectivity index (χ0v) is 12.7. The number of aromatic amines is 1. The Morgan fingerprint density at radius 3 is 2.61 bits per heavy atom. The number of hydrogen-bond acceptors (Lipinski definition) is 3. The Hall–Kier alpha value is -2.92. The van der Waals surface area contributed by atoms with Gasteiger partial charge in [-0.05, 0) is 23.8 Å². The molecule has 1 amide bonds. The van der Waals surface area contributed by atoms with Gasteiger partial charge in [-0.2, -0.15) is 5.10 Å². The number of hydrazone groups is 1. The second-order valence-corrected chi connectivity index (χ2v) is 5.26. The molecule has 0 saturated carbocycles. The molecular formula is C17H12ClN3O2. The molecule has 2 aromatic carbocycles. The number of H-pyrrole nitrogens is 1. The van der Waals surface area contributed by atoms with Crippen LogP contribution in [0.3, 0.4) is 0 Å². The fourth-order valence-corrected chi connectivity index (χ4v) is 2.27. The van der Waals surface area contributed by atoms with Crippen molar-refractivity contribution in [3.63, 3.8) is 0 Å². The number of ketones is 1. The van der Waals surface area contributed by atoms with Crippen molar-refractivity contribution < 1.29 is 9.59 Å². The van der Waals surface area contributed by atoms with Gasteiger partial charge in [-0.3, -0.25) is 9.59 Å². The first-order chi connectivity index (χ1) is 11.1. The highest BCUT2D eigenvalue weighted by Crippen LogP contribution is 2.18. The molecular weight excluding hydrogens is 314 g/mol. The van der Waals surface area contributed by atoms with Crippen molar-refractivity contribution in [1.29, 1.82) is 0 Å². The summed E-state index contributed by atoms with van der Waals surface area (Å²) in [5.41, 5.74) is 4.11. The largest absolute Gasteiger partial charge is 0.360 e. The van der Waals surface area contributed by atoms with Gasteiger partial charge in [-0.1, -0.05) is 41.9 Å². The summed E-state index contributed by atoms with van der Waals surface area (Å²) in [7, 11) is 0. The Labute approximate surface area is 137 Å². The molecule has 23 heavy (non-hydrogen) atoms. The normalized spacial score (nSPS) is 11.0. The van der Waals surface area contributed by atoms with Gasteiger partial charge in [0.1, 0.15) is 0 Å². The number of hydrogen-bond donors (Lipinski definition) is 2. The maximum Gasteiger partial charge on any atom is 0.312 e. The molecule has 0 aliphatic heterocycles. The number of carbonyl (C=O) groups is 2. The number of Topliss-reactive ketones (excluding diaryl/α,β-unsaturated/α-hetero) is 1. The van der Waals surface area contributed by atoms with E-state index in [0.717, 1.165) is 11.1 Å². The Balaban J connectivity index is 1.70. The van der Waals surface area contributed by atoms with Gasteiger partial charge in [0.05, 0.1) is 11.8 Å². The van der Waals surface area contributed by atoms with Gasteiger partial charge in [0, 0.05) is 22.1 Å². The lowest BCUT2D eigenvalue weighted by Gasteiger charge is -1.98. The van der Waals surface area contributed by atoms with E-state index in [-0.39, 0.29) is 0 Å². The smallest absolute Gasteiger partial charge is 0.312 e. The van der Waals surface area contributed by atoms with E-state index in [1.807, 2.05) is 18.2 Å². The molecule has 0 fully saturated rings. The lowest BCUT2D eigenvalue weighted by molar-refractivity contribution is -0.116. The number of para-hydroxylation sites is 1. The van der Waals surface area contributed by atoms with Crippen molar-refractivity contribution in [2.45, 2.75) is 0 Å². The first kappa shape index (κ1) is 15.0. The summed E-state index contributed by atoms with van der Waals surface area (Å²) in [4.78, 5) is 27.1. The van der Waals surface area contributed by atoms with Crippen LogP contribution in [-0.4, -0.2) is 22.9 Å². The van der Waals surface area contributed by atoms with E-state index in [4.69, 9.17) is 11.6 Å². The number of aromatic nitrogens is 1. The van der Waals surface area contributed by atoms with Crippen molar-refractivity contribution in [3.8, 4) is 0 Å². The number of nitrogens with one attached hydrogen (secondary N) is 2. The molecule has 0 aliphatic rings. The van der Waals surface area contributed by atoms with Crippen molar-refractivity contribution in [2.24, 2.45) is 5.10 Å². The van der Waals surface area contributed by atoms with E-state index >= 15 is 0 Å². The average molecular weight is 326 g/mol. The standard InChI is InChI=1S/C17H12ClN3O2/c18-12-7-5-11(6-8-12)9-20-21-17(23)16(22)14-10-19-15-4-2-1-3-13(14)15/h1-10,19H,(H,21,23)/b20-9+. The third kappa shape index (κ3) is 3.30. The third-order valence-corrected chi connectivity index (χ3v) is 3.54. The number of nitrogens with zero attached hydrogens (tertiary/aromatic N) is 1. The summed E-state index contributed by atoms with van der Waals surface area (Å²) < 4.78 is 0. The van der Waals surface area contributed by atoms with E-state index < -0.39 is 11.7 Å². The average Bonchev–Trinajstić information content (AvgIpc) is 3.00. The van der Waals surface area contributed by atoms with E-state index in [9.17, 15) is 9.59 Å². The Morgan fingerprint density at radius 2 is 1.83 bits per heavy atom. The molecule has 0 radical (unpaired) electrons. The van der Waals surface area contributed by atoms with Gasteiger partial charge in [0.25, 0.3) is 5.78 Å². The van der Waals surface area contributed by atoms with Crippen LogP contribution in [0.25, 0.3) is 10.9 Å². The molecule has 0 spiro atoms. The van der Waals surface area contributed by atoms with Crippen LogP contribution in [0, 0.1) is 0 Å². The zero-order chi connectivity index (χ0) is 16.2. The van der Waals surface area contributed by atoms with Gasteiger partial charge < -0.3 is 4.98 Å². The third-order valence-electron chi connectivity index (χ3n) is 3.29. The molecule has 0 bridgehead atoms. The molecule has 2 N–H and O–H groups in total. The summed E-state index contributed by atoms with van der Waals surface area (Å²) in [5.74, 6) is -1.43. The fraction of sp³-hybridized carbons (Fsp3) is 0. The molecule has 3 aromatic rings. The van der Waals surface area contributed by atoms with Crippen LogP contribution in [0.5, 0.6) is 0 Å². The molecule has 1 heterocycles. The molecule has 0 atom stereocenters. The van der Waals surface area contributed by atoms with E-state index in [2.05, 4.69) is 15.5 Å². The van der Waals surface area contributed by atoms with Crippen molar-refractivity contribution >= 4 is 40.4 Å². The molecule has 6 heteroatoms. The number of halogens is 1. The van der Waals surface area contributed by atoms with Crippen LogP contribution >= 0.6 is 11.6 Å². The first-order valence-electron chi connectivity index (χ1n) is 6.84. The van der Waals surface area contributed by atoms with Crippen molar-refractivity contribution in [1.82, 2.24) is 10.4 Å². The van der Waals surface area contributed by atoms with Crippen LogP contribution < -0.4 is 5.43 Å². The van der Waals surface area contributed by atoms with Crippen LogP contribution in [0.2, 0.25) is 5.02 Å². The number of benzene rings is 2. The Bertz CT molecular complexity index is 898. The maximum absolute atomic E-state index is 12.2. The van der Waals surface area contributed by atoms with Gasteiger partial charge in [-0.25, -0.2) is 5.43 Å². The molecule has 1 aromatic heterocycles. The molecule has 0 saturated heterocycles. The summed E-state index contributed by atoms with van der Waals surface area (Å²) in [6.07, 6.45) is 2.96. The number of amides is 1. The van der Waals surface area contributed by atoms with Gasteiger partial charge in [-0.15, -0.1) is 0 Å². The molecule has 0 aliphatic carbocycles. The van der Waals surface area contributed by atoms with Gasteiger partial charge in [0.2, 0.25) is 0 Å². The second-order valence-electron chi connectivity index (χ2n) is 4.83. The highest BCUT2D eigenvalue weighted by Gasteiger charge is 2.19. The summed E-state index contributed by atoms with van der Waals surface area (Å²) in [5, 5.41) is 5.10. The highest BCUT2D eigenvalue weighted by molar-refractivity contribution is 6.44. The van der Waals surface area contributed by atoms with Crippen molar-refractivity contribution in [2.75, 3.05) is 0 Å². The van der Waals surface area contributed by atoms with Gasteiger partial charge >= 0.3 is 5.91 Å². The zero-order valence-electron chi connectivity index (χ0n) is 11.9. The minimum atomic E-state index is -0.792. The summed E-state index contributed by atoms with van der Waals surface area (Å²) in [6.45, 7) is 0.